The smallest absolute Gasteiger partial charge is 0.307 e. The summed E-state index contributed by atoms with van der Waals surface area (Å²) in [6, 6.07) is 0. The monoisotopic (exact) mass is 434 g/mol. The molecule has 2 atom stereocenters. The highest BCUT2D eigenvalue weighted by Crippen LogP contribution is 2.20. The molecule has 172 valence electrons. The second kappa shape index (κ2) is 15.3. The number of nitrogens with two attached hydrogens (primary N) is 1. The Morgan fingerprint density at radius 3 is 2.10 bits per heavy atom. The first kappa shape index (κ1) is 27.5. The Balaban J connectivity index is 5.81. The van der Waals surface area contributed by atoms with E-state index in [0.717, 1.165) is 20.8 Å². The predicted octanol–water partition coefficient (Wildman–Crippen LogP) is -0.908. The first-order chi connectivity index (χ1) is 14.1. The van der Waals surface area contributed by atoms with Gasteiger partial charge in [-0.25, -0.2) is 0 Å². The predicted molar refractivity (Wildman–Crippen MR) is 101 cm³/mol. The third-order valence-electron chi connectivity index (χ3n) is 3.13. The summed E-state index contributed by atoms with van der Waals surface area (Å²) in [4.78, 5) is 45.8. The van der Waals surface area contributed by atoms with Crippen molar-refractivity contribution in [3.8, 4) is 0 Å². The van der Waals surface area contributed by atoms with Gasteiger partial charge in [0.05, 0.1) is 26.4 Å². The van der Waals surface area contributed by atoms with E-state index in [1.807, 2.05) is 0 Å². The van der Waals surface area contributed by atoms with Gasteiger partial charge >= 0.3 is 17.9 Å². The van der Waals surface area contributed by atoms with Crippen molar-refractivity contribution >= 4 is 23.8 Å². The van der Waals surface area contributed by atoms with Crippen molar-refractivity contribution in [2.75, 3.05) is 33.0 Å². The number of amides is 1. The molecule has 0 aromatic heterocycles. The molecule has 0 aromatic carbocycles. The number of carbonyl (C=O) groups excluding carboxylic acids is 4. The van der Waals surface area contributed by atoms with Crippen molar-refractivity contribution in [2.24, 2.45) is 5.73 Å². The van der Waals surface area contributed by atoms with Crippen molar-refractivity contribution in [1.82, 2.24) is 5.32 Å². The first-order valence-corrected chi connectivity index (χ1v) is 9.16. The Kier molecular flexibility index (Phi) is 14.0. The molecule has 4 N–H and O–H groups in total. The van der Waals surface area contributed by atoms with Crippen LogP contribution in [0.1, 0.15) is 34.1 Å². The van der Waals surface area contributed by atoms with E-state index >= 15 is 0 Å². The van der Waals surface area contributed by atoms with E-state index in [1.54, 1.807) is 0 Å². The Labute approximate surface area is 174 Å². The SMILES string of the molecule is CC(=O)N/C(=C(/OC(C)=O)C(CCOC(C)=O)OC(C)=O)C(O)OCCOCCN. The second-order valence-corrected chi connectivity index (χ2v) is 5.90. The van der Waals surface area contributed by atoms with Gasteiger partial charge in [-0.3, -0.25) is 19.2 Å². The zero-order valence-corrected chi connectivity index (χ0v) is 17.6. The minimum Gasteiger partial charge on any atom is -0.466 e. The van der Waals surface area contributed by atoms with Crippen LogP contribution < -0.4 is 11.1 Å². The third-order valence-corrected chi connectivity index (χ3v) is 3.13. The molecule has 0 saturated heterocycles. The van der Waals surface area contributed by atoms with Crippen LogP contribution in [0.25, 0.3) is 0 Å². The van der Waals surface area contributed by atoms with Crippen LogP contribution in [0.4, 0.5) is 0 Å². The van der Waals surface area contributed by atoms with E-state index in [0.29, 0.717) is 6.54 Å². The molecule has 1 amide bonds. The van der Waals surface area contributed by atoms with Crippen LogP contribution in [0.2, 0.25) is 0 Å². The summed E-state index contributed by atoms with van der Waals surface area (Å²) in [5.41, 5.74) is 4.96. The van der Waals surface area contributed by atoms with Gasteiger partial charge in [0, 0.05) is 40.7 Å². The molecule has 30 heavy (non-hydrogen) atoms. The Morgan fingerprint density at radius 1 is 0.933 bits per heavy atom. The molecular formula is C18H30N2O10. The number of rotatable bonds is 14. The topological polar surface area (TPSA) is 173 Å². The third kappa shape index (κ3) is 12.8. The molecule has 2 unspecified atom stereocenters. The van der Waals surface area contributed by atoms with E-state index in [4.69, 9.17) is 29.4 Å². The average molecular weight is 434 g/mol. The minimum absolute atomic E-state index is 0.0801. The van der Waals surface area contributed by atoms with E-state index in [2.05, 4.69) is 5.32 Å². The fourth-order valence-corrected chi connectivity index (χ4v) is 2.12. The molecule has 12 heteroatoms. The van der Waals surface area contributed by atoms with Crippen LogP contribution in [-0.4, -0.2) is 74.3 Å². The molecule has 0 fully saturated rings. The number of hydrogen-bond acceptors (Lipinski definition) is 11. The lowest BCUT2D eigenvalue weighted by Crippen LogP contribution is -2.36. The van der Waals surface area contributed by atoms with Gasteiger partial charge in [-0.05, 0) is 0 Å². The van der Waals surface area contributed by atoms with E-state index in [-0.39, 0.29) is 44.3 Å². The number of carbonyl (C=O) groups is 4. The summed E-state index contributed by atoms with van der Waals surface area (Å²) in [6.45, 7) is 4.97. The quantitative estimate of drug-likeness (QED) is 0.102. The van der Waals surface area contributed by atoms with Crippen molar-refractivity contribution in [3.63, 3.8) is 0 Å². The summed E-state index contributed by atoms with van der Waals surface area (Å²) < 4.78 is 25.4. The van der Waals surface area contributed by atoms with E-state index in [9.17, 15) is 24.3 Å². The van der Waals surface area contributed by atoms with Crippen LogP contribution in [0.15, 0.2) is 11.5 Å². The van der Waals surface area contributed by atoms with Crippen LogP contribution in [-0.2, 0) is 42.9 Å². The maximum absolute atomic E-state index is 11.6. The zero-order valence-electron chi connectivity index (χ0n) is 17.6. The number of esters is 3. The fraction of sp³-hybridized carbons (Fsp3) is 0.667. The van der Waals surface area contributed by atoms with Gasteiger partial charge in [0.2, 0.25) is 5.91 Å². The largest absolute Gasteiger partial charge is 0.466 e. The highest BCUT2D eigenvalue weighted by Gasteiger charge is 2.30. The maximum Gasteiger partial charge on any atom is 0.307 e. The molecule has 0 aromatic rings. The maximum atomic E-state index is 11.6. The van der Waals surface area contributed by atoms with Gasteiger partial charge < -0.3 is 39.8 Å². The summed E-state index contributed by atoms with van der Waals surface area (Å²) in [7, 11) is 0. The van der Waals surface area contributed by atoms with Gasteiger partial charge in [0.25, 0.3) is 0 Å². The molecule has 0 rings (SSSR count). The summed E-state index contributed by atoms with van der Waals surface area (Å²) in [5.74, 6) is -3.09. The highest BCUT2D eigenvalue weighted by atomic mass is 16.6. The normalized spacial score (nSPS) is 13.5. The van der Waals surface area contributed by atoms with Crippen LogP contribution in [0.5, 0.6) is 0 Å². The first-order valence-electron chi connectivity index (χ1n) is 9.16. The number of hydrogen-bond donors (Lipinski definition) is 3. The second-order valence-electron chi connectivity index (χ2n) is 5.90. The molecule has 0 aliphatic carbocycles. The minimum atomic E-state index is -1.75. The molecule has 12 nitrogen and oxygen atoms in total. The molecule has 0 radical (unpaired) electrons. The molecule has 0 heterocycles. The molecular weight excluding hydrogens is 404 g/mol. The van der Waals surface area contributed by atoms with Crippen LogP contribution in [0, 0.1) is 0 Å². The van der Waals surface area contributed by atoms with Crippen molar-refractivity contribution in [1.29, 1.82) is 0 Å². The van der Waals surface area contributed by atoms with Crippen molar-refractivity contribution < 1.29 is 48.0 Å². The molecule has 0 aliphatic rings. The Bertz CT molecular complexity index is 620. The van der Waals surface area contributed by atoms with Gasteiger partial charge in [0.15, 0.2) is 18.2 Å². The Hall–Kier alpha value is -2.54. The van der Waals surface area contributed by atoms with Crippen LogP contribution in [0.3, 0.4) is 0 Å². The lowest BCUT2D eigenvalue weighted by Gasteiger charge is -2.25. The number of aliphatic hydroxyl groups is 1. The molecule has 0 saturated carbocycles. The van der Waals surface area contributed by atoms with Gasteiger partial charge in [-0.1, -0.05) is 0 Å². The summed E-state index contributed by atoms with van der Waals surface area (Å²) in [6.07, 6.45) is -3.13. The van der Waals surface area contributed by atoms with Gasteiger partial charge in [-0.15, -0.1) is 0 Å². The van der Waals surface area contributed by atoms with Gasteiger partial charge in [-0.2, -0.15) is 0 Å². The zero-order chi connectivity index (χ0) is 23.1. The van der Waals surface area contributed by atoms with E-state index < -0.39 is 36.2 Å². The Morgan fingerprint density at radius 2 is 1.60 bits per heavy atom. The van der Waals surface area contributed by atoms with E-state index in [1.165, 1.54) is 6.92 Å². The number of nitrogens with one attached hydrogen (secondary N) is 1. The van der Waals surface area contributed by atoms with Crippen LogP contribution >= 0.6 is 0 Å². The average Bonchev–Trinajstić information content (AvgIpc) is 2.62. The number of aliphatic hydroxyl groups excluding tert-OH is 1. The highest BCUT2D eigenvalue weighted by molar-refractivity contribution is 5.75. The summed E-state index contributed by atoms with van der Waals surface area (Å²) in [5, 5.41) is 12.7. The van der Waals surface area contributed by atoms with Crippen molar-refractivity contribution in [3.05, 3.63) is 11.5 Å². The van der Waals surface area contributed by atoms with Crippen molar-refractivity contribution in [2.45, 2.75) is 46.5 Å². The molecule has 0 aliphatic heterocycles. The van der Waals surface area contributed by atoms with Gasteiger partial charge in [0.1, 0.15) is 5.70 Å². The lowest BCUT2D eigenvalue weighted by atomic mass is 10.1. The standard InChI is InChI=1S/C18H30N2O10/c1-11(21)20-16(18(25)28-10-9-26-8-6-19)17(30-14(4)24)15(29-13(3)23)5-7-27-12(2)22/h15,18,25H,5-10,19H2,1-4H3,(H,20,21)/b17-16+. The fourth-order valence-electron chi connectivity index (χ4n) is 2.12. The number of ether oxygens (including phenoxy) is 5. The molecule has 0 spiro atoms. The lowest BCUT2D eigenvalue weighted by molar-refractivity contribution is -0.153. The summed E-state index contributed by atoms with van der Waals surface area (Å²) >= 11 is 0. The molecule has 0 bridgehead atoms.